The van der Waals surface area contributed by atoms with E-state index in [1.54, 1.807) is 17.7 Å². The van der Waals surface area contributed by atoms with Gasteiger partial charge in [0.1, 0.15) is 22.3 Å². The molecule has 0 spiro atoms. The standard InChI is InChI=1S/C41H24N6S/c1-3-9-25(10-4-1)30-22-33-37-39(48-41(33)42-23-30)36(43-24-44-37)28-16-14-26(15-17-28)29-18-19-31-32(21-29)35(27-11-5-2-6-12-27)46-40-38(31)45-34-13-7-8-20-47(34)40/h1-24H. The summed E-state index contributed by atoms with van der Waals surface area (Å²) in [7, 11) is 0. The number of fused-ring (bicyclic) bond motifs is 8. The van der Waals surface area contributed by atoms with Gasteiger partial charge in [-0.2, -0.15) is 0 Å². The van der Waals surface area contributed by atoms with Crippen LogP contribution in [0.15, 0.2) is 146 Å². The van der Waals surface area contributed by atoms with Crippen LogP contribution in [0.2, 0.25) is 0 Å². The zero-order valence-corrected chi connectivity index (χ0v) is 26.3. The van der Waals surface area contributed by atoms with Crippen LogP contribution in [-0.4, -0.2) is 29.3 Å². The number of pyridine rings is 3. The van der Waals surface area contributed by atoms with Gasteiger partial charge in [-0.1, -0.05) is 103 Å². The smallest absolute Gasteiger partial charge is 0.165 e. The van der Waals surface area contributed by atoms with Crippen molar-refractivity contribution in [3.8, 4) is 44.8 Å². The second-order valence-electron chi connectivity index (χ2n) is 11.8. The van der Waals surface area contributed by atoms with Gasteiger partial charge in [0.2, 0.25) is 0 Å². The highest BCUT2D eigenvalue weighted by Gasteiger charge is 2.17. The first-order chi connectivity index (χ1) is 23.8. The third-order valence-corrected chi connectivity index (χ3v) is 10.1. The molecule has 224 valence electrons. The van der Waals surface area contributed by atoms with Gasteiger partial charge in [0.05, 0.1) is 21.6 Å². The summed E-state index contributed by atoms with van der Waals surface area (Å²) in [6, 6.07) is 44.2. The van der Waals surface area contributed by atoms with Gasteiger partial charge in [-0.25, -0.2) is 24.9 Å². The summed E-state index contributed by atoms with van der Waals surface area (Å²) in [6.45, 7) is 0. The third kappa shape index (κ3) is 4.22. The Kier molecular flexibility index (Phi) is 5.94. The fourth-order valence-corrected chi connectivity index (χ4v) is 7.75. The first kappa shape index (κ1) is 26.9. The first-order valence-corrected chi connectivity index (χ1v) is 16.6. The molecule has 0 amide bonds. The van der Waals surface area contributed by atoms with E-state index in [1.807, 2.05) is 54.9 Å². The molecule has 0 aliphatic carbocycles. The molecule has 0 radical (unpaired) electrons. The minimum Gasteiger partial charge on any atom is -0.284 e. The van der Waals surface area contributed by atoms with Crippen LogP contribution in [0.1, 0.15) is 0 Å². The fraction of sp³-hybridized carbons (Fsp3) is 0. The maximum Gasteiger partial charge on any atom is 0.165 e. The number of nitrogens with zero attached hydrogens (tertiary/aromatic N) is 6. The molecule has 7 heteroatoms. The van der Waals surface area contributed by atoms with Gasteiger partial charge in [-0.15, -0.1) is 11.3 Å². The molecular formula is C41H24N6S. The molecule has 0 N–H and O–H groups in total. The van der Waals surface area contributed by atoms with E-state index in [2.05, 4.69) is 89.3 Å². The summed E-state index contributed by atoms with van der Waals surface area (Å²) in [6.07, 6.45) is 5.63. The summed E-state index contributed by atoms with van der Waals surface area (Å²) < 4.78 is 3.10. The van der Waals surface area contributed by atoms with E-state index in [4.69, 9.17) is 24.9 Å². The topological polar surface area (TPSA) is 68.9 Å². The summed E-state index contributed by atoms with van der Waals surface area (Å²) in [5.74, 6) is 0. The molecule has 0 unspecified atom stereocenters. The highest BCUT2D eigenvalue weighted by Crippen LogP contribution is 2.39. The SMILES string of the molecule is c1ccc(-c2cnc3sc4c(-c5ccc(-c6ccc7c(c6)c(-c6ccccc6)nc6c7nc7ccccn76)cc5)ncnc4c3c2)cc1. The summed E-state index contributed by atoms with van der Waals surface area (Å²) in [5.41, 5.74) is 12.0. The molecule has 48 heavy (non-hydrogen) atoms. The molecule has 4 aromatic carbocycles. The molecule has 0 saturated carbocycles. The van der Waals surface area contributed by atoms with Crippen molar-refractivity contribution < 1.29 is 0 Å². The van der Waals surface area contributed by atoms with Crippen molar-refractivity contribution in [2.45, 2.75) is 0 Å². The van der Waals surface area contributed by atoms with Crippen molar-refractivity contribution >= 4 is 59.4 Å². The van der Waals surface area contributed by atoms with Crippen LogP contribution in [0, 0.1) is 0 Å². The minimum atomic E-state index is 0.859. The quantitative estimate of drug-likeness (QED) is 0.193. The van der Waals surface area contributed by atoms with Gasteiger partial charge in [0.15, 0.2) is 5.65 Å². The van der Waals surface area contributed by atoms with Crippen LogP contribution in [0.4, 0.5) is 0 Å². The van der Waals surface area contributed by atoms with Crippen LogP contribution in [0.25, 0.3) is 92.8 Å². The molecule has 0 saturated heterocycles. The van der Waals surface area contributed by atoms with Crippen LogP contribution < -0.4 is 0 Å². The van der Waals surface area contributed by atoms with Gasteiger partial charge in [-0.05, 0) is 41.0 Å². The van der Waals surface area contributed by atoms with Crippen molar-refractivity contribution in [1.82, 2.24) is 29.3 Å². The first-order valence-electron chi connectivity index (χ1n) is 15.7. The predicted octanol–water partition coefficient (Wildman–Crippen LogP) is 10.3. The average molecular weight is 633 g/mol. The average Bonchev–Trinajstić information content (AvgIpc) is 3.73. The second kappa shape index (κ2) is 10.6. The van der Waals surface area contributed by atoms with E-state index in [-0.39, 0.29) is 0 Å². The number of hydrogen-bond donors (Lipinski definition) is 0. The number of thiophene rings is 1. The number of benzene rings is 4. The molecule has 0 bridgehead atoms. The number of rotatable bonds is 4. The van der Waals surface area contributed by atoms with E-state index in [9.17, 15) is 0 Å². The lowest BCUT2D eigenvalue weighted by molar-refractivity contribution is 1.19. The van der Waals surface area contributed by atoms with Crippen LogP contribution in [-0.2, 0) is 0 Å². The van der Waals surface area contributed by atoms with E-state index in [0.717, 1.165) is 92.8 Å². The Hall–Kier alpha value is -6.31. The molecule has 0 atom stereocenters. The Balaban J connectivity index is 1.08. The van der Waals surface area contributed by atoms with Crippen LogP contribution >= 0.6 is 11.3 Å². The summed E-state index contributed by atoms with van der Waals surface area (Å²) in [4.78, 5) is 25.4. The van der Waals surface area contributed by atoms with E-state index in [1.165, 1.54) is 0 Å². The van der Waals surface area contributed by atoms with Crippen molar-refractivity contribution in [3.63, 3.8) is 0 Å². The molecule has 0 fully saturated rings. The van der Waals surface area contributed by atoms with Crippen molar-refractivity contribution in [1.29, 1.82) is 0 Å². The third-order valence-electron chi connectivity index (χ3n) is 9.01. The Morgan fingerprint density at radius 3 is 2.00 bits per heavy atom. The monoisotopic (exact) mass is 632 g/mol. The molecule has 10 aromatic rings. The number of hydrogen-bond acceptors (Lipinski definition) is 6. The largest absolute Gasteiger partial charge is 0.284 e. The van der Waals surface area contributed by atoms with Gasteiger partial charge in [-0.3, -0.25) is 4.40 Å². The predicted molar refractivity (Wildman–Crippen MR) is 196 cm³/mol. The minimum absolute atomic E-state index is 0.859. The Morgan fingerprint density at radius 1 is 0.479 bits per heavy atom. The summed E-state index contributed by atoms with van der Waals surface area (Å²) >= 11 is 1.64. The van der Waals surface area contributed by atoms with Gasteiger partial charge in [0.25, 0.3) is 0 Å². The number of aromatic nitrogens is 6. The lowest BCUT2D eigenvalue weighted by Crippen LogP contribution is -1.92. The highest BCUT2D eigenvalue weighted by molar-refractivity contribution is 7.25. The molecule has 0 aliphatic heterocycles. The molecule has 6 heterocycles. The van der Waals surface area contributed by atoms with Gasteiger partial charge >= 0.3 is 0 Å². The van der Waals surface area contributed by atoms with Crippen molar-refractivity contribution in [2.24, 2.45) is 0 Å². The number of imidazole rings is 1. The lowest BCUT2D eigenvalue weighted by atomic mass is 9.97. The highest BCUT2D eigenvalue weighted by atomic mass is 32.1. The van der Waals surface area contributed by atoms with Gasteiger partial charge < -0.3 is 0 Å². The van der Waals surface area contributed by atoms with E-state index in [0.29, 0.717) is 0 Å². The zero-order valence-electron chi connectivity index (χ0n) is 25.4. The molecule has 0 aliphatic rings. The molecular weight excluding hydrogens is 609 g/mol. The fourth-order valence-electron chi connectivity index (χ4n) is 6.66. The normalized spacial score (nSPS) is 11.8. The van der Waals surface area contributed by atoms with Crippen molar-refractivity contribution in [3.05, 3.63) is 146 Å². The Bertz CT molecular complexity index is 2820. The molecule has 10 rings (SSSR count). The van der Waals surface area contributed by atoms with Crippen LogP contribution in [0.3, 0.4) is 0 Å². The Morgan fingerprint density at radius 2 is 1.17 bits per heavy atom. The van der Waals surface area contributed by atoms with E-state index >= 15 is 0 Å². The second-order valence-corrected chi connectivity index (χ2v) is 12.8. The zero-order chi connectivity index (χ0) is 31.6. The maximum atomic E-state index is 5.20. The lowest BCUT2D eigenvalue weighted by Gasteiger charge is -2.11. The van der Waals surface area contributed by atoms with Crippen molar-refractivity contribution in [2.75, 3.05) is 0 Å². The summed E-state index contributed by atoms with van der Waals surface area (Å²) in [5, 5.41) is 3.21. The van der Waals surface area contributed by atoms with Gasteiger partial charge in [0, 0.05) is 45.2 Å². The Labute approximate surface area is 278 Å². The molecule has 6 nitrogen and oxygen atoms in total. The maximum absolute atomic E-state index is 5.20. The van der Waals surface area contributed by atoms with E-state index < -0.39 is 0 Å². The van der Waals surface area contributed by atoms with Crippen LogP contribution in [0.5, 0.6) is 0 Å². The molecule has 6 aromatic heterocycles.